The molecule has 146 valence electrons. The molecular weight excluding hydrogens is 372 g/mol. The fourth-order valence-electron chi connectivity index (χ4n) is 3.48. The van der Waals surface area contributed by atoms with Crippen LogP contribution in [0.25, 0.3) is 11.0 Å². The zero-order valence-electron chi connectivity index (χ0n) is 15.8. The molecule has 0 atom stereocenters. The highest BCUT2D eigenvalue weighted by atomic mass is 32.1. The summed E-state index contributed by atoms with van der Waals surface area (Å²) >= 11 is 5.37. The zero-order valence-corrected chi connectivity index (χ0v) is 16.6. The van der Waals surface area contributed by atoms with Gasteiger partial charge >= 0.3 is 0 Å². The molecule has 5 rings (SSSR count). The van der Waals surface area contributed by atoms with Crippen molar-refractivity contribution in [1.82, 2.24) is 25.1 Å². The summed E-state index contributed by atoms with van der Waals surface area (Å²) in [6.45, 7) is 4.32. The molecule has 1 aliphatic heterocycles. The van der Waals surface area contributed by atoms with Crippen molar-refractivity contribution < 1.29 is 0 Å². The van der Waals surface area contributed by atoms with Crippen LogP contribution in [0.1, 0.15) is 12.8 Å². The van der Waals surface area contributed by atoms with Gasteiger partial charge in [-0.25, -0.2) is 0 Å². The predicted octanol–water partition coefficient (Wildman–Crippen LogP) is 3.09. The average Bonchev–Trinajstić information content (AvgIpc) is 3.44. The van der Waals surface area contributed by atoms with Crippen LogP contribution in [0, 0.1) is 4.64 Å². The van der Waals surface area contributed by atoms with E-state index in [1.165, 1.54) is 18.5 Å². The van der Waals surface area contributed by atoms with Crippen LogP contribution in [0.5, 0.6) is 0 Å². The van der Waals surface area contributed by atoms with Crippen LogP contribution in [-0.4, -0.2) is 64.3 Å². The number of fused-ring (bicyclic) bond motifs is 1. The molecule has 2 aromatic heterocycles. The van der Waals surface area contributed by atoms with Gasteiger partial charge in [-0.15, -0.1) is 0 Å². The van der Waals surface area contributed by atoms with Crippen LogP contribution < -0.4 is 15.5 Å². The second-order valence-electron chi connectivity index (χ2n) is 7.58. The minimum atomic E-state index is 0.484. The van der Waals surface area contributed by atoms with Crippen molar-refractivity contribution in [3.8, 4) is 0 Å². The number of anilines is 4. The molecule has 1 aliphatic carbocycles. The molecule has 8 nitrogen and oxygen atoms in total. The van der Waals surface area contributed by atoms with Crippen LogP contribution in [0.4, 0.5) is 23.1 Å². The number of nitrogens with one attached hydrogen (secondary N) is 4. The lowest BCUT2D eigenvalue weighted by atomic mass is 10.2. The van der Waals surface area contributed by atoms with Gasteiger partial charge in [0.05, 0.1) is 5.39 Å². The normalized spacial score (nSPS) is 17.8. The molecule has 3 aromatic rings. The van der Waals surface area contributed by atoms with Crippen LogP contribution >= 0.6 is 12.2 Å². The Hall–Kier alpha value is -2.65. The molecule has 1 aromatic carbocycles. The van der Waals surface area contributed by atoms with Crippen molar-refractivity contribution in [1.29, 1.82) is 0 Å². The van der Waals surface area contributed by atoms with Crippen molar-refractivity contribution in [3.05, 3.63) is 28.9 Å². The van der Waals surface area contributed by atoms with Crippen LogP contribution in [0.2, 0.25) is 0 Å². The topological polar surface area (TPSA) is 87.9 Å². The van der Waals surface area contributed by atoms with E-state index in [2.05, 4.69) is 71.9 Å². The Kier molecular flexibility index (Phi) is 4.40. The molecule has 28 heavy (non-hydrogen) atoms. The molecule has 2 fully saturated rings. The Morgan fingerprint density at radius 3 is 2.50 bits per heavy atom. The Morgan fingerprint density at radius 1 is 1.04 bits per heavy atom. The molecule has 9 heteroatoms. The third-order valence-corrected chi connectivity index (χ3v) is 5.65. The van der Waals surface area contributed by atoms with E-state index >= 15 is 0 Å². The third kappa shape index (κ3) is 3.55. The van der Waals surface area contributed by atoms with E-state index in [1.54, 1.807) is 0 Å². The number of H-pyrrole nitrogens is 2. The maximum absolute atomic E-state index is 5.37. The highest BCUT2D eigenvalue weighted by Gasteiger charge is 2.23. The minimum absolute atomic E-state index is 0.484. The van der Waals surface area contributed by atoms with Crippen LogP contribution in [0.15, 0.2) is 24.3 Å². The molecular formula is C19H24N8S. The number of aromatic amines is 2. The summed E-state index contributed by atoms with van der Waals surface area (Å²) in [7, 11) is 2.17. The first kappa shape index (κ1) is 17.4. The van der Waals surface area contributed by atoms with Crippen LogP contribution in [0.3, 0.4) is 0 Å². The lowest BCUT2D eigenvalue weighted by molar-refractivity contribution is 0.313. The van der Waals surface area contributed by atoms with Crippen molar-refractivity contribution in [2.45, 2.75) is 18.9 Å². The molecule has 1 saturated heterocycles. The van der Waals surface area contributed by atoms with Gasteiger partial charge in [-0.3, -0.25) is 10.2 Å². The first-order valence-corrected chi connectivity index (χ1v) is 10.1. The van der Waals surface area contributed by atoms with Crippen molar-refractivity contribution in [2.75, 3.05) is 48.8 Å². The van der Waals surface area contributed by atoms with E-state index in [-0.39, 0.29) is 0 Å². The van der Waals surface area contributed by atoms with Crippen molar-refractivity contribution in [2.24, 2.45) is 0 Å². The summed E-state index contributed by atoms with van der Waals surface area (Å²) in [5.41, 5.74) is 2.92. The molecule has 2 aliphatic rings. The van der Waals surface area contributed by atoms with Gasteiger partial charge in [0.15, 0.2) is 5.65 Å². The SMILES string of the molecule is CN1CCN(c2ccc(Nc3nc(NC4CC4)c4c(=S)[nH][nH]c4n3)cc2)CC1. The molecule has 0 spiro atoms. The number of piperazine rings is 1. The van der Waals surface area contributed by atoms with E-state index in [4.69, 9.17) is 12.2 Å². The zero-order chi connectivity index (χ0) is 19.1. The van der Waals surface area contributed by atoms with Gasteiger partial charge in [0, 0.05) is 43.6 Å². The molecule has 0 amide bonds. The summed E-state index contributed by atoms with van der Waals surface area (Å²) in [6.07, 6.45) is 2.34. The number of hydrogen-bond acceptors (Lipinski definition) is 7. The van der Waals surface area contributed by atoms with E-state index in [1.807, 2.05) is 0 Å². The summed E-state index contributed by atoms with van der Waals surface area (Å²) in [6, 6.07) is 8.94. The molecule has 0 radical (unpaired) electrons. The number of nitrogens with zero attached hydrogens (tertiary/aromatic N) is 4. The lowest BCUT2D eigenvalue weighted by Crippen LogP contribution is -2.44. The predicted molar refractivity (Wildman–Crippen MR) is 115 cm³/mol. The van der Waals surface area contributed by atoms with E-state index in [9.17, 15) is 0 Å². The second-order valence-corrected chi connectivity index (χ2v) is 7.99. The highest BCUT2D eigenvalue weighted by Crippen LogP contribution is 2.29. The van der Waals surface area contributed by atoms with Gasteiger partial charge in [0.1, 0.15) is 10.5 Å². The monoisotopic (exact) mass is 396 g/mol. The fourth-order valence-corrected chi connectivity index (χ4v) is 3.72. The average molecular weight is 397 g/mol. The highest BCUT2D eigenvalue weighted by molar-refractivity contribution is 7.71. The number of benzene rings is 1. The number of aromatic nitrogens is 4. The maximum Gasteiger partial charge on any atom is 0.231 e. The number of hydrogen-bond donors (Lipinski definition) is 4. The summed E-state index contributed by atoms with van der Waals surface area (Å²) in [4.78, 5) is 14.0. The molecule has 4 N–H and O–H groups in total. The Balaban J connectivity index is 1.36. The third-order valence-electron chi connectivity index (χ3n) is 5.34. The summed E-state index contributed by atoms with van der Waals surface area (Å²) in [5, 5.41) is 13.6. The van der Waals surface area contributed by atoms with Crippen molar-refractivity contribution >= 4 is 46.4 Å². The smallest absolute Gasteiger partial charge is 0.231 e. The summed E-state index contributed by atoms with van der Waals surface area (Å²) < 4.78 is 0.626. The van der Waals surface area contributed by atoms with Gasteiger partial charge < -0.3 is 20.4 Å². The van der Waals surface area contributed by atoms with Gasteiger partial charge in [-0.05, 0) is 44.2 Å². The summed E-state index contributed by atoms with van der Waals surface area (Å²) in [5.74, 6) is 1.33. The van der Waals surface area contributed by atoms with Gasteiger partial charge in [-0.2, -0.15) is 9.97 Å². The van der Waals surface area contributed by atoms with Gasteiger partial charge in [-0.1, -0.05) is 12.2 Å². The fraction of sp³-hybridized carbons (Fsp3) is 0.421. The van der Waals surface area contributed by atoms with E-state index < -0.39 is 0 Å². The Labute approximate surface area is 168 Å². The molecule has 3 heterocycles. The standard InChI is InChI=1S/C19H24N8S/c1-26-8-10-27(11-9-26)14-6-4-13(5-7-14)21-19-22-16(20-12-2-3-12)15-17(23-19)24-25-18(15)28/h4-7,12H,2-3,8-11H2,1H3,(H4,20,21,22,23,24,25,28). The van der Waals surface area contributed by atoms with E-state index in [0.29, 0.717) is 22.3 Å². The van der Waals surface area contributed by atoms with Gasteiger partial charge in [0.25, 0.3) is 0 Å². The molecule has 1 saturated carbocycles. The van der Waals surface area contributed by atoms with Crippen molar-refractivity contribution in [3.63, 3.8) is 0 Å². The first-order chi connectivity index (χ1) is 13.7. The molecule has 0 bridgehead atoms. The Morgan fingerprint density at radius 2 is 1.79 bits per heavy atom. The Bertz CT molecular complexity index is 1030. The number of likely N-dealkylation sites (N-methyl/N-ethyl adjacent to an activating group) is 1. The first-order valence-electron chi connectivity index (χ1n) is 9.71. The quantitative estimate of drug-likeness (QED) is 0.493. The number of rotatable bonds is 5. The van der Waals surface area contributed by atoms with Crippen LogP contribution in [-0.2, 0) is 0 Å². The minimum Gasteiger partial charge on any atom is -0.369 e. The lowest BCUT2D eigenvalue weighted by Gasteiger charge is -2.34. The largest absolute Gasteiger partial charge is 0.369 e. The maximum atomic E-state index is 5.37. The molecule has 0 unspecified atom stereocenters. The van der Waals surface area contributed by atoms with E-state index in [0.717, 1.165) is 43.1 Å². The second kappa shape index (κ2) is 7.06. The van der Waals surface area contributed by atoms with Gasteiger partial charge in [0.2, 0.25) is 5.95 Å².